The maximum absolute atomic E-state index is 13.8. The van der Waals surface area contributed by atoms with E-state index in [0.29, 0.717) is 41.5 Å². The fourth-order valence-electron chi connectivity index (χ4n) is 5.76. The zero-order valence-electron chi connectivity index (χ0n) is 20.2. The van der Waals surface area contributed by atoms with Gasteiger partial charge < -0.3 is 23.7 Å². The monoisotopic (exact) mass is 513 g/mol. The summed E-state index contributed by atoms with van der Waals surface area (Å²) in [6, 6.07) is 9.02. The third-order valence-corrected chi connectivity index (χ3v) is 7.60. The van der Waals surface area contributed by atoms with Crippen LogP contribution in [0.5, 0.6) is 11.5 Å². The van der Waals surface area contributed by atoms with Crippen LogP contribution in [0, 0.1) is 0 Å². The van der Waals surface area contributed by atoms with Gasteiger partial charge in [-0.25, -0.2) is 0 Å². The molecular weight excluding hydrogens is 494 g/mol. The number of ether oxygens (including phenoxy) is 3. The summed E-state index contributed by atoms with van der Waals surface area (Å²) >= 11 is 0. The number of hydrogen-bond donors (Lipinski definition) is 1. The number of aromatic hydroxyl groups is 1. The zero-order chi connectivity index (χ0) is 26.5. The average Bonchev–Trinajstić information content (AvgIpc) is 3.35. The summed E-state index contributed by atoms with van der Waals surface area (Å²) in [6.45, 7) is 0.686. The summed E-state index contributed by atoms with van der Waals surface area (Å²) in [5.74, 6) is -3.43. The lowest BCUT2D eigenvalue weighted by Gasteiger charge is -2.39. The van der Waals surface area contributed by atoms with Crippen LogP contribution in [0.2, 0.25) is 0 Å². The Morgan fingerprint density at radius 1 is 0.947 bits per heavy atom. The number of carbonyl (C=O) groups is 3. The second-order valence-electron chi connectivity index (χ2n) is 9.43. The van der Waals surface area contributed by atoms with Gasteiger partial charge in [0.05, 0.1) is 19.1 Å². The number of ketones is 2. The molecule has 0 spiro atoms. The topological polar surface area (TPSA) is 133 Å². The van der Waals surface area contributed by atoms with Crippen molar-refractivity contribution >= 4 is 39.2 Å². The number of phenols is 1. The van der Waals surface area contributed by atoms with Gasteiger partial charge in [0.1, 0.15) is 11.1 Å². The molecule has 38 heavy (non-hydrogen) atoms. The van der Waals surface area contributed by atoms with E-state index in [0.717, 1.165) is 6.07 Å². The maximum Gasteiger partial charge on any atom is 0.258 e. The first-order valence-corrected chi connectivity index (χ1v) is 11.9. The van der Waals surface area contributed by atoms with Crippen molar-refractivity contribution in [2.24, 2.45) is 0 Å². The SMILES string of the molecule is COc1cc2oc3c(c(=O)c2cc1O)C(=O)c1c(ccc2cc4c(cc12)C(=O)N1CCOC1(OC)C4)C3=O. The van der Waals surface area contributed by atoms with Crippen molar-refractivity contribution in [2.45, 2.75) is 12.3 Å². The Balaban J connectivity index is 1.46. The van der Waals surface area contributed by atoms with E-state index >= 15 is 0 Å². The van der Waals surface area contributed by atoms with Crippen LogP contribution in [0.1, 0.15) is 48.0 Å². The van der Waals surface area contributed by atoms with E-state index in [1.165, 1.54) is 31.3 Å². The van der Waals surface area contributed by atoms with E-state index in [2.05, 4.69) is 0 Å². The number of nitrogens with zero attached hydrogens (tertiary/aromatic N) is 1. The Labute approximate surface area is 213 Å². The Kier molecular flexibility index (Phi) is 4.47. The Morgan fingerprint density at radius 2 is 1.76 bits per heavy atom. The number of carbonyl (C=O) groups excluding carboxylic acids is 3. The van der Waals surface area contributed by atoms with E-state index in [9.17, 15) is 24.3 Å². The molecule has 1 aromatic heterocycles. The third kappa shape index (κ3) is 2.73. The Morgan fingerprint density at radius 3 is 2.53 bits per heavy atom. The van der Waals surface area contributed by atoms with Crippen molar-refractivity contribution in [1.82, 2.24) is 4.90 Å². The van der Waals surface area contributed by atoms with E-state index in [1.54, 1.807) is 18.2 Å². The number of methoxy groups -OCH3 is 2. The first-order valence-electron chi connectivity index (χ1n) is 11.9. The van der Waals surface area contributed by atoms with E-state index < -0.39 is 28.5 Å². The van der Waals surface area contributed by atoms with Gasteiger partial charge in [0.15, 0.2) is 17.3 Å². The quantitative estimate of drug-likeness (QED) is 0.378. The van der Waals surface area contributed by atoms with Gasteiger partial charge in [0, 0.05) is 42.8 Å². The minimum atomic E-state index is -1.18. The van der Waals surface area contributed by atoms with Gasteiger partial charge in [0.25, 0.3) is 11.8 Å². The number of fused-ring (bicyclic) bond motifs is 7. The molecule has 2 aliphatic heterocycles. The largest absolute Gasteiger partial charge is 0.504 e. The third-order valence-electron chi connectivity index (χ3n) is 7.60. The van der Waals surface area contributed by atoms with Gasteiger partial charge in [-0.1, -0.05) is 12.1 Å². The van der Waals surface area contributed by atoms with Gasteiger partial charge >= 0.3 is 0 Å². The predicted octanol–water partition coefficient (Wildman–Crippen LogP) is 2.76. The van der Waals surface area contributed by atoms with Gasteiger partial charge in [-0.2, -0.15) is 0 Å². The average molecular weight is 513 g/mol. The number of benzene rings is 3. The van der Waals surface area contributed by atoms with Crippen molar-refractivity contribution < 1.29 is 38.1 Å². The summed E-state index contributed by atoms with van der Waals surface area (Å²) in [7, 11) is 2.82. The van der Waals surface area contributed by atoms with E-state index in [1.807, 2.05) is 0 Å². The van der Waals surface area contributed by atoms with Gasteiger partial charge in [-0.3, -0.25) is 24.1 Å². The molecule has 0 radical (unpaired) electrons. The standard InChI is InChI=1S/C28H19NO9/c1-35-20-10-19-17(9-18(20)30)23(31)22-25(33)21-14(24(32)26(22)38-19)4-3-12-7-13-11-28(36-2)29(5-6-37-28)27(34)16(13)8-15(12)21/h3-4,7-10,30H,5-6,11H2,1-2H3. The van der Waals surface area contributed by atoms with Crippen LogP contribution in [0.4, 0.5) is 0 Å². The van der Waals surface area contributed by atoms with Crippen LogP contribution in [0.25, 0.3) is 21.7 Å². The van der Waals surface area contributed by atoms with Crippen molar-refractivity contribution in [3.8, 4) is 11.5 Å². The smallest absolute Gasteiger partial charge is 0.258 e. The molecule has 1 saturated heterocycles. The second-order valence-corrected chi connectivity index (χ2v) is 9.43. The Hall–Kier alpha value is -4.54. The molecule has 3 aliphatic rings. The molecule has 3 heterocycles. The summed E-state index contributed by atoms with van der Waals surface area (Å²) in [5.41, 5.74) is 0.00665. The summed E-state index contributed by atoms with van der Waals surface area (Å²) < 4.78 is 22.2. The lowest BCUT2D eigenvalue weighted by Crippen LogP contribution is -2.54. The van der Waals surface area contributed by atoms with Crippen LogP contribution in [0.15, 0.2) is 45.6 Å². The van der Waals surface area contributed by atoms with Crippen molar-refractivity contribution in [2.75, 3.05) is 27.4 Å². The molecule has 10 heteroatoms. The molecule has 1 amide bonds. The lowest BCUT2D eigenvalue weighted by atomic mass is 9.82. The molecule has 1 fully saturated rings. The first kappa shape index (κ1) is 22.6. The highest BCUT2D eigenvalue weighted by atomic mass is 16.7. The minimum absolute atomic E-state index is 0.00270. The lowest BCUT2D eigenvalue weighted by molar-refractivity contribution is -0.249. The predicted molar refractivity (Wildman–Crippen MR) is 132 cm³/mol. The maximum atomic E-state index is 13.8. The van der Waals surface area contributed by atoms with Crippen LogP contribution >= 0.6 is 0 Å². The number of amides is 1. The molecule has 10 nitrogen and oxygen atoms in total. The zero-order valence-corrected chi connectivity index (χ0v) is 20.2. The second kappa shape index (κ2) is 7.50. The number of phenolic OH excluding ortho intramolecular Hbond substituents is 1. The summed E-state index contributed by atoms with van der Waals surface area (Å²) in [5, 5.41) is 11.1. The molecule has 7 rings (SSSR count). The summed E-state index contributed by atoms with van der Waals surface area (Å²) in [4.78, 5) is 55.7. The molecule has 4 aromatic rings. The molecule has 0 bridgehead atoms. The molecule has 190 valence electrons. The highest BCUT2D eigenvalue weighted by molar-refractivity contribution is 6.32. The number of rotatable bonds is 2. The Bertz CT molecular complexity index is 1850. The van der Waals surface area contributed by atoms with Gasteiger partial charge in [-0.05, 0) is 34.5 Å². The van der Waals surface area contributed by atoms with Crippen molar-refractivity contribution in [3.05, 3.63) is 80.2 Å². The molecule has 3 aromatic carbocycles. The summed E-state index contributed by atoms with van der Waals surface area (Å²) in [6.07, 6.45) is 0.301. The van der Waals surface area contributed by atoms with E-state index in [-0.39, 0.29) is 45.3 Å². The van der Waals surface area contributed by atoms with Crippen molar-refractivity contribution in [1.29, 1.82) is 0 Å². The highest BCUT2D eigenvalue weighted by Gasteiger charge is 2.50. The molecular formula is C28H19NO9. The molecule has 1 unspecified atom stereocenters. The molecule has 1 aliphatic carbocycles. The minimum Gasteiger partial charge on any atom is -0.504 e. The first-order chi connectivity index (χ1) is 18.3. The van der Waals surface area contributed by atoms with E-state index in [4.69, 9.17) is 18.6 Å². The van der Waals surface area contributed by atoms with Gasteiger partial charge in [-0.15, -0.1) is 0 Å². The molecule has 1 N–H and O–H groups in total. The normalized spacial score (nSPS) is 19.9. The van der Waals surface area contributed by atoms with Gasteiger partial charge in [0.2, 0.25) is 17.0 Å². The number of hydrogen-bond acceptors (Lipinski definition) is 9. The fourth-order valence-corrected chi connectivity index (χ4v) is 5.76. The van der Waals surface area contributed by atoms with Crippen LogP contribution in [-0.4, -0.2) is 60.8 Å². The van der Waals surface area contributed by atoms with Crippen LogP contribution in [-0.2, 0) is 15.9 Å². The molecule has 0 saturated carbocycles. The van der Waals surface area contributed by atoms with Crippen LogP contribution in [0.3, 0.4) is 0 Å². The fraction of sp³-hybridized carbons (Fsp3) is 0.214. The highest BCUT2D eigenvalue weighted by Crippen LogP contribution is 2.40. The van der Waals surface area contributed by atoms with Crippen LogP contribution < -0.4 is 10.2 Å². The van der Waals surface area contributed by atoms with Crippen molar-refractivity contribution in [3.63, 3.8) is 0 Å². The molecule has 1 atom stereocenters.